The largest absolute Gasteiger partial charge is 0.493 e. The van der Waals surface area contributed by atoms with Crippen molar-refractivity contribution in [2.75, 3.05) is 14.2 Å². The molecule has 1 heterocycles. The van der Waals surface area contributed by atoms with Crippen LogP contribution in [0.5, 0.6) is 11.5 Å². The molecule has 0 fully saturated rings. The summed E-state index contributed by atoms with van der Waals surface area (Å²) in [5, 5.41) is 4.20. The van der Waals surface area contributed by atoms with E-state index in [0.29, 0.717) is 27.8 Å². The van der Waals surface area contributed by atoms with E-state index in [1.165, 1.54) is 14.2 Å². The Kier molecular flexibility index (Phi) is 4.86. The first-order chi connectivity index (χ1) is 12.0. The Bertz CT molecular complexity index is 886. The van der Waals surface area contributed by atoms with Gasteiger partial charge >= 0.3 is 0 Å². The maximum absolute atomic E-state index is 12.6. The molecule has 3 rings (SSSR count). The van der Waals surface area contributed by atoms with Crippen molar-refractivity contribution in [3.8, 4) is 11.5 Å². The Morgan fingerprint density at radius 2 is 1.92 bits per heavy atom. The maximum atomic E-state index is 12.6. The minimum absolute atomic E-state index is 0.282. The molecule has 0 saturated heterocycles. The minimum Gasteiger partial charge on any atom is -0.493 e. The molecule has 5 nitrogen and oxygen atoms in total. The molecule has 1 unspecified atom stereocenters. The van der Waals surface area contributed by atoms with Gasteiger partial charge in [0.05, 0.1) is 25.3 Å². The highest BCUT2D eigenvalue weighted by Crippen LogP contribution is 2.36. The fraction of sp³-hybridized carbons (Fsp3) is 0.211. The van der Waals surface area contributed by atoms with Crippen LogP contribution in [0.15, 0.2) is 46.9 Å². The normalized spacial score (nSPS) is 12.0. The number of nitrogens with one attached hydrogen (secondary N) is 1. The van der Waals surface area contributed by atoms with Crippen LogP contribution in [0.4, 0.5) is 0 Å². The summed E-state index contributed by atoms with van der Waals surface area (Å²) in [6.45, 7) is 1.86. The molecule has 1 N–H and O–H groups in total. The van der Waals surface area contributed by atoms with Gasteiger partial charge in [-0.3, -0.25) is 4.79 Å². The van der Waals surface area contributed by atoms with Crippen molar-refractivity contribution < 1.29 is 18.7 Å². The Morgan fingerprint density at radius 1 is 1.16 bits per heavy atom. The number of halogens is 1. The van der Waals surface area contributed by atoms with Crippen molar-refractivity contribution in [3.05, 3.63) is 58.8 Å². The number of carbonyl (C=O) groups excluding carboxylic acids is 1. The van der Waals surface area contributed by atoms with Gasteiger partial charge in [0, 0.05) is 10.9 Å². The van der Waals surface area contributed by atoms with Crippen LogP contribution < -0.4 is 14.8 Å². The molecular weight excluding hydrogens is 342 g/mol. The number of amides is 1. The van der Waals surface area contributed by atoms with Crippen LogP contribution in [-0.2, 0) is 0 Å². The van der Waals surface area contributed by atoms with E-state index in [0.717, 1.165) is 11.0 Å². The van der Waals surface area contributed by atoms with Crippen LogP contribution in [0.25, 0.3) is 11.0 Å². The van der Waals surface area contributed by atoms with Crippen LogP contribution in [0.1, 0.15) is 29.1 Å². The molecule has 130 valence electrons. The van der Waals surface area contributed by atoms with Crippen molar-refractivity contribution in [2.24, 2.45) is 0 Å². The molecule has 0 bridgehead atoms. The first-order valence-electron chi connectivity index (χ1n) is 7.74. The topological polar surface area (TPSA) is 60.7 Å². The number of rotatable bonds is 5. The first-order valence-corrected chi connectivity index (χ1v) is 8.12. The lowest BCUT2D eigenvalue weighted by Crippen LogP contribution is -2.26. The van der Waals surface area contributed by atoms with Crippen molar-refractivity contribution in [1.82, 2.24) is 5.32 Å². The van der Waals surface area contributed by atoms with Crippen molar-refractivity contribution in [2.45, 2.75) is 13.0 Å². The Labute approximate surface area is 150 Å². The summed E-state index contributed by atoms with van der Waals surface area (Å²) in [6, 6.07) is 12.5. The van der Waals surface area contributed by atoms with Gasteiger partial charge in [0.1, 0.15) is 11.3 Å². The fourth-order valence-electron chi connectivity index (χ4n) is 2.62. The van der Waals surface area contributed by atoms with Gasteiger partial charge in [0.15, 0.2) is 11.5 Å². The van der Waals surface area contributed by atoms with Crippen LogP contribution >= 0.6 is 11.6 Å². The number of fused-ring (bicyclic) bond motifs is 1. The predicted molar refractivity (Wildman–Crippen MR) is 96.7 cm³/mol. The second-order valence-electron chi connectivity index (χ2n) is 5.58. The average Bonchev–Trinajstić information content (AvgIpc) is 3.05. The quantitative estimate of drug-likeness (QED) is 0.723. The monoisotopic (exact) mass is 359 g/mol. The van der Waals surface area contributed by atoms with Gasteiger partial charge in [-0.05, 0) is 31.2 Å². The zero-order valence-corrected chi connectivity index (χ0v) is 14.9. The molecule has 0 aliphatic rings. The molecule has 25 heavy (non-hydrogen) atoms. The molecule has 6 heteroatoms. The lowest BCUT2D eigenvalue weighted by molar-refractivity contribution is 0.0935. The molecule has 2 aromatic carbocycles. The number of furan rings is 1. The summed E-state index contributed by atoms with van der Waals surface area (Å²) >= 11 is 6.16. The highest BCUT2D eigenvalue weighted by molar-refractivity contribution is 6.32. The van der Waals surface area contributed by atoms with E-state index in [1.807, 2.05) is 37.3 Å². The summed E-state index contributed by atoms with van der Waals surface area (Å²) in [4.78, 5) is 12.6. The van der Waals surface area contributed by atoms with Gasteiger partial charge in [-0.1, -0.05) is 29.8 Å². The summed E-state index contributed by atoms with van der Waals surface area (Å²) < 4.78 is 16.2. The third kappa shape index (κ3) is 3.42. The number of carbonyl (C=O) groups is 1. The second-order valence-corrected chi connectivity index (χ2v) is 5.98. The smallest absolute Gasteiger partial charge is 0.252 e. The van der Waals surface area contributed by atoms with Crippen LogP contribution in [-0.4, -0.2) is 20.1 Å². The summed E-state index contributed by atoms with van der Waals surface area (Å²) in [5.41, 5.74) is 1.17. The van der Waals surface area contributed by atoms with E-state index in [4.69, 9.17) is 25.5 Å². The molecule has 0 spiro atoms. The van der Waals surface area contributed by atoms with Crippen LogP contribution in [0.3, 0.4) is 0 Å². The number of hydrogen-bond acceptors (Lipinski definition) is 4. The van der Waals surface area contributed by atoms with E-state index in [1.54, 1.807) is 12.1 Å². The van der Waals surface area contributed by atoms with Gasteiger partial charge in [-0.25, -0.2) is 0 Å². The summed E-state index contributed by atoms with van der Waals surface area (Å²) in [7, 11) is 2.99. The number of para-hydroxylation sites is 1. The zero-order valence-electron chi connectivity index (χ0n) is 14.1. The Hall–Kier alpha value is -2.66. The van der Waals surface area contributed by atoms with E-state index < -0.39 is 0 Å². The predicted octanol–water partition coefficient (Wildman–Crippen LogP) is 4.59. The molecule has 0 aliphatic heterocycles. The lowest BCUT2D eigenvalue weighted by atomic mass is 10.1. The van der Waals surface area contributed by atoms with Crippen LogP contribution in [0.2, 0.25) is 5.02 Å². The number of hydrogen-bond donors (Lipinski definition) is 1. The van der Waals surface area contributed by atoms with E-state index >= 15 is 0 Å². The van der Waals surface area contributed by atoms with Gasteiger partial charge in [-0.15, -0.1) is 0 Å². The Balaban J connectivity index is 1.82. The van der Waals surface area contributed by atoms with Crippen LogP contribution in [0, 0.1) is 0 Å². The standard InChI is InChI=1S/C19H18ClNO4/c1-11(16-9-12-6-4-5-7-15(12)25-16)21-19(22)13-8-14(20)18(24-3)17(10-13)23-2/h4-11H,1-3H3,(H,21,22). The highest BCUT2D eigenvalue weighted by Gasteiger charge is 2.19. The highest BCUT2D eigenvalue weighted by atomic mass is 35.5. The zero-order chi connectivity index (χ0) is 18.0. The lowest BCUT2D eigenvalue weighted by Gasteiger charge is -2.14. The molecular formula is C19H18ClNO4. The maximum Gasteiger partial charge on any atom is 0.252 e. The first kappa shape index (κ1) is 17.2. The Morgan fingerprint density at radius 3 is 2.60 bits per heavy atom. The molecule has 0 radical (unpaired) electrons. The molecule has 1 atom stereocenters. The van der Waals surface area contributed by atoms with Crippen molar-refractivity contribution in [3.63, 3.8) is 0 Å². The third-order valence-corrected chi connectivity index (χ3v) is 4.20. The van der Waals surface area contributed by atoms with Crippen molar-refractivity contribution in [1.29, 1.82) is 0 Å². The average molecular weight is 360 g/mol. The summed E-state index contributed by atoms with van der Waals surface area (Å²) in [5.74, 6) is 1.19. The van der Waals surface area contributed by atoms with Crippen molar-refractivity contribution >= 4 is 28.5 Å². The van der Waals surface area contributed by atoms with E-state index in [-0.39, 0.29) is 11.9 Å². The SMILES string of the molecule is COc1cc(C(=O)NC(C)c2cc3ccccc3o2)cc(Cl)c1OC. The number of methoxy groups -OCH3 is 2. The second kappa shape index (κ2) is 7.07. The van der Waals surface area contributed by atoms with E-state index in [2.05, 4.69) is 5.32 Å². The van der Waals surface area contributed by atoms with Gasteiger partial charge in [-0.2, -0.15) is 0 Å². The molecule has 0 saturated carbocycles. The molecule has 0 aliphatic carbocycles. The number of ether oxygens (including phenoxy) is 2. The molecule has 3 aromatic rings. The van der Waals surface area contributed by atoms with E-state index in [9.17, 15) is 4.79 Å². The molecule has 1 amide bonds. The van der Waals surface area contributed by atoms with Gasteiger partial charge in [0.2, 0.25) is 0 Å². The summed E-state index contributed by atoms with van der Waals surface area (Å²) in [6.07, 6.45) is 0. The third-order valence-electron chi connectivity index (χ3n) is 3.91. The minimum atomic E-state index is -0.299. The molecule has 1 aromatic heterocycles. The number of benzene rings is 2. The van der Waals surface area contributed by atoms with Gasteiger partial charge in [0.25, 0.3) is 5.91 Å². The van der Waals surface area contributed by atoms with Gasteiger partial charge < -0.3 is 19.2 Å². The fourth-order valence-corrected chi connectivity index (χ4v) is 2.90.